The molecule has 0 atom stereocenters. The Hall–Kier alpha value is -3.06. The number of nitrogens with one attached hydrogen (secondary N) is 1. The molecule has 3 heterocycles. The van der Waals surface area contributed by atoms with Crippen molar-refractivity contribution in [3.05, 3.63) is 70.7 Å². The molecule has 4 aromatic rings. The first kappa shape index (κ1) is 18.3. The average Bonchev–Trinajstić information content (AvgIpc) is 3.26. The van der Waals surface area contributed by atoms with Crippen LogP contribution in [0.1, 0.15) is 27.9 Å². The highest BCUT2D eigenvalue weighted by Crippen LogP contribution is 2.34. The lowest BCUT2D eigenvalue weighted by Gasteiger charge is -2.04. The Morgan fingerprint density at radius 1 is 1.29 bits per heavy atom. The van der Waals surface area contributed by atoms with E-state index in [1.807, 2.05) is 25.3 Å². The van der Waals surface area contributed by atoms with Crippen LogP contribution in [0.2, 0.25) is 0 Å². The highest BCUT2D eigenvalue weighted by molar-refractivity contribution is 7.17. The van der Waals surface area contributed by atoms with Gasteiger partial charge in [0.15, 0.2) is 0 Å². The van der Waals surface area contributed by atoms with Crippen molar-refractivity contribution in [3.63, 3.8) is 0 Å². The third-order valence-electron chi connectivity index (χ3n) is 4.55. The van der Waals surface area contributed by atoms with Crippen LogP contribution in [0, 0.1) is 12.7 Å². The van der Waals surface area contributed by atoms with Crippen molar-refractivity contribution in [1.29, 1.82) is 0 Å². The van der Waals surface area contributed by atoms with Gasteiger partial charge < -0.3 is 9.88 Å². The number of pyridine rings is 1. The Morgan fingerprint density at radius 3 is 2.93 bits per heavy atom. The van der Waals surface area contributed by atoms with Gasteiger partial charge in [-0.3, -0.25) is 4.79 Å². The van der Waals surface area contributed by atoms with Crippen LogP contribution in [0.4, 0.5) is 4.39 Å². The molecule has 3 aromatic heterocycles. The summed E-state index contributed by atoms with van der Waals surface area (Å²) in [5.41, 5.74) is 3.28. The lowest BCUT2D eigenvalue weighted by atomic mass is 10.2. The van der Waals surface area contributed by atoms with Crippen LogP contribution in [-0.2, 0) is 13.1 Å². The number of benzene rings is 1. The Bertz CT molecular complexity index is 1160. The van der Waals surface area contributed by atoms with Gasteiger partial charge in [-0.1, -0.05) is 12.1 Å². The molecule has 0 aliphatic carbocycles. The molecule has 4 rings (SSSR count). The zero-order chi connectivity index (χ0) is 19.7. The van der Waals surface area contributed by atoms with Gasteiger partial charge in [0.2, 0.25) is 0 Å². The maximum atomic E-state index is 13.3. The molecule has 5 nitrogen and oxygen atoms in total. The molecule has 1 aromatic carbocycles. The number of carbonyl (C=O) groups is 1. The number of hydrogen-bond donors (Lipinski definition) is 1. The number of aryl methyl sites for hydroxylation is 2. The van der Waals surface area contributed by atoms with Crippen molar-refractivity contribution in [1.82, 2.24) is 19.9 Å². The van der Waals surface area contributed by atoms with Crippen LogP contribution in [0.5, 0.6) is 0 Å². The van der Waals surface area contributed by atoms with Gasteiger partial charge in [0, 0.05) is 36.4 Å². The second-order valence-corrected chi connectivity index (χ2v) is 7.45. The number of halogens is 1. The minimum atomic E-state index is -0.316. The maximum absolute atomic E-state index is 13.3. The molecule has 0 unspecified atom stereocenters. The summed E-state index contributed by atoms with van der Waals surface area (Å²) < 4.78 is 15.4. The van der Waals surface area contributed by atoms with E-state index in [0.29, 0.717) is 16.1 Å². The van der Waals surface area contributed by atoms with E-state index in [-0.39, 0.29) is 18.3 Å². The molecule has 0 saturated carbocycles. The fraction of sp³-hybridized carbons (Fsp3) is 0.190. The summed E-state index contributed by atoms with van der Waals surface area (Å²) in [7, 11) is 0. The number of hydrogen-bond acceptors (Lipinski definition) is 4. The molecule has 0 fully saturated rings. The standard InChI is InChI=1S/C21H19FN4OS/c1-3-26-12-17(16-8-5-9-23-19(16)26)21-25-13(2)18(28-21)20(27)24-11-14-6-4-7-15(22)10-14/h4-10,12H,3,11H2,1-2H3,(H,24,27). The SMILES string of the molecule is CCn1cc(-c2nc(C)c(C(=O)NCc3cccc(F)c3)s2)c2cccnc21. The van der Waals surface area contributed by atoms with Crippen LogP contribution in [0.3, 0.4) is 0 Å². The van der Waals surface area contributed by atoms with Gasteiger partial charge in [0.25, 0.3) is 5.91 Å². The molecule has 0 saturated heterocycles. The second kappa shape index (κ2) is 7.52. The van der Waals surface area contributed by atoms with E-state index in [0.717, 1.165) is 28.1 Å². The topological polar surface area (TPSA) is 59.8 Å². The van der Waals surface area contributed by atoms with E-state index in [4.69, 9.17) is 0 Å². The van der Waals surface area contributed by atoms with Crippen LogP contribution in [-0.4, -0.2) is 20.4 Å². The first-order chi connectivity index (χ1) is 13.6. The summed E-state index contributed by atoms with van der Waals surface area (Å²) in [6.07, 6.45) is 3.81. The summed E-state index contributed by atoms with van der Waals surface area (Å²) >= 11 is 1.36. The van der Waals surface area contributed by atoms with Crippen molar-refractivity contribution in [2.75, 3.05) is 0 Å². The quantitative estimate of drug-likeness (QED) is 0.540. The molecule has 1 N–H and O–H groups in total. The summed E-state index contributed by atoms with van der Waals surface area (Å²) in [6, 6.07) is 10.1. The highest BCUT2D eigenvalue weighted by Gasteiger charge is 2.19. The van der Waals surface area contributed by atoms with Crippen molar-refractivity contribution < 1.29 is 9.18 Å². The van der Waals surface area contributed by atoms with Gasteiger partial charge in [0.1, 0.15) is 21.3 Å². The van der Waals surface area contributed by atoms with Crippen molar-refractivity contribution in [2.24, 2.45) is 0 Å². The van der Waals surface area contributed by atoms with Crippen molar-refractivity contribution in [2.45, 2.75) is 26.9 Å². The third kappa shape index (κ3) is 3.41. The minimum Gasteiger partial charge on any atom is -0.347 e. The first-order valence-corrected chi connectivity index (χ1v) is 9.82. The fourth-order valence-corrected chi connectivity index (χ4v) is 4.17. The smallest absolute Gasteiger partial charge is 0.263 e. The molecular formula is C21H19FN4OS. The summed E-state index contributed by atoms with van der Waals surface area (Å²) in [6.45, 7) is 4.96. The molecular weight excluding hydrogens is 375 g/mol. The normalized spacial score (nSPS) is 11.1. The minimum absolute atomic E-state index is 0.206. The van der Waals surface area contributed by atoms with E-state index in [1.165, 1.54) is 23.5 Å². The molecule has 0 spiro atoms. The number of rotatable bonds is 5. The Morgan fingerprint density at radius 2 is 2.14 bits per heavy atom. The molecule has 7 heteroatoms. The zero-order valence-electron chi connectivity index (χ0n) is 15.6. The predicted molar refractivity (Wildman–Crippen MR) is 109 cm³/mol. The zero-order valence-corrected chi connectivity index (χ0v) is 16.4. The predicted octanol–water partition coefficient (Wildman–Crippen LogP) is 4.56. The molecule has 142 valence electrons. The van der Waals surface area contributed by atoms with E-state index >= 15 is 0 Å². The van der Waals surface area contributed by atoms with E-state index in [2.05, 4.69) is 26.8 Å². The number of nitrogens with zero attached hydrogens (tertiary/aromatic N) is 3. The van der Waals surface area contributed by atoms with E-state index in [9.17, 15) is 9.18 Å². The van der Waals surface area contributed by atoms with Gasteiger partial charge >= 0.3 is 0 Å². The van der Waals surface area contributed by atoms with Crippen LogP contribution in [0.15, 0.2) is 48.8 Å². The summed E-state index contributed by atoms with van der Waals surface area (Å²) in [5, 5.41) is 4.66. The number of thiazole rings is 1. The van der Waals surface area contributed by atoms with Crippen LogP contribution < -0.4 is 5.32 Å². The molecule has 0 bridgehead atoms. The van der Waals surface area contributed by atoms with Gasteiger partial charge in [-0.15, -0.1) is 11.3 Å². The van der Waals surface area contributed by atoms with Crippen molar-refractivity contribution >= 4 is 28.3 Å². The molecule has 0 radical (unpaired) electrons. The molecule has 0 aliphatic rings. The highest BCUT2D eigenvalue weighted by atomic mass is 32.1. The van der Waals surface area contributed by atoms with E-state index < -0.39 is 0 Å². The maximum Gasteiger partial charge on any atom is 0.263 e. The van der Waals surface area contributed by atoms with Crippen molar-refractivity contribution in [3.8, 4) is 10.6 Å². The van der Waals surface area contributed by atoms with Gasteiger partial charge in [0.05, 0.1) is 5.69 Å². The Balaban J connectivity index is 1.61. The molecule has 0 aliphatic heterocycles. The summed E-state index contributed by atoms with van der Waals surface area (Å²) in [4.78, 5) is 22.3. The van der Waals surface area contributed by atoms with E-state index in [1.54, 1.807) is 18.3 Å². The number of amides is 1. The largest absolute Gasteiger partial charge is 0.347 e. The summed E-state index contributed by atoms with van der Waals surface area (Å²) in [5.74, 6) is -0.521. The third-order valence-corrected chi connectivity index (χ3v) is 5.74. The lowest BCUT2D eigenvalue weighted by molar-refractivity contribution is 0.0954. The first-order valence-electron chi connectivity index (χ1n) is 9.01. The van der Waals surface area contributed by atoms with Gasteiger partial charge in [-0.25, -0.2) is 14.4 Å². The lowest BCUT2D eigenvalue weighted by Crippen LogP contribution is -2.22. The Labute approximate surface area is 165 Å². The second-order valence-electron chi connectivity index (χ2n) is 6.45. The van der Waals surface area contributed by atoms with Gasteiger partial charge in [-0.2, -0.15) is 0 Å². The molecule has 1 amide bonds. The van der Waals surface area contributed by atoms with Crippen LogP contribution >= 0.6 is 11.3 Å². The number of aromatic nitrogens is 3. The van der Waals surface area contributed by atoms with Gasteiger partial charge in [-0.05, 0) is 43.7 Å². The number of fused-ring (bicyclic) bond motifs is 1. The number of carbonyl (C=O) groups excluding carboxylic acids is 1. The fourth-order valence-electron chi connectivity index (χ4n) is 3.17. The molecule has 28 heavy (non-hydrogen) atoms. The van der Waals surface area contributed by atoms with Crippen LogP contribution in [0.25, 0.3) is 21.6 Å². The monoisotopic (exact) mass is 394 g/mol. The average molecular weight is 394 g/mol. The Kier molecular flexibility index (Phi) is 4.92.